The van der Waals surface area contributed by atoms with Crippen LogP contribution in [-0.4, -0.2) is 13.2 Å². The molecule has 1 aliphatic rings. The fraction of sp³-hybridized carbons (Fsp3) is 0.571. The lowest BCUT2D eigenvalue weighted by Crippen LogP contribution is -2.14. The molecule has 1 aromatic rings. The van der Waals surface area contributed by atoms with Gasteiger partial charge in [0.15, 0.2) is 0 Å². The van der Waals surface area contributed by atoms with Crippen LogP contribution in [-0.2, 0) is 11.2 Å². The van der Waals surface area contributed by atoms with E-state index < -0.39 is 0 Å². The molecule has 88 valence electrons. The number of ether oxygens (including phenoxy) is 1. The molecule has 1 aromatic carbocycles. The summed E-state index contributed by atoms with van der Waals surface area (Å²) < 4.78 is 5.64. The summed E-state index contributed by atoms with van der Waals surface area (Å²) >= 11 is 0. The molecule has 0 atom stereocenters. The van der Waals surface area contributed by atoms with Crippen LogP contribution in [0.4, 0.5) is 5.69 Å². The Morgan fingerprint density at radius 3 is 2.50 bits per heavy atom. The van der Waals surface area contributed by atoms with E-state index in [0.717, 1.165) is 31.2 Å². The van der Waals surface area contributed by atoms with Gasteiger partial charge in [-0.15, -0.1) is 0 Å². The Balaban J connectivity index is 1.55. The lowest BCUT2D eigenvalue weighted by atomic mass is 9.83. The van der Waals surface area contributed by atoms with Gasteiger partial charge < -0.3 is 10.5 Å². The molecule has 0 saturated heterocycles. The van der Waals surface area contributed by atoms with Gasteiger partial charge in [-0.05, 0) is 36.5 Å². The summed E-state index contributed by atoms with van der Waals surface area (Å²) in [6, 6.07) is 8.04. The highest BCUT2D eigenvalue weighted by atomic mass is 16.5. The zero-order valence-electron chi connectivity index (χ0n) is 9.82. The van der Waals surface area contributed by atoms with E-state index in [-0.39, 0.29) is 0 Å². The van der Waals surface area contributed by atoms with Crippen molar-refractivity contribution in [2.24, 2.45) is 5.92 Å². The summed E-state index contributed by atoms with van der Waals surface area (Å²) in [7, 11) is 0. The van der Waals surface area contributed by atoms with E-state index in [1.54, 1.807) is 0 Å². The van der Waals surface area contributed by atoms with Gasteiger partial charge in [-0.2, -0.15) is 0 Å². The fourth-order valence-corrected chi connectivity index (χ4v) is 2.01. The van der Waals surface area contributed by atoms with Gasteiger partial charge in [-0.1, -0.05) is 31.4 Å². The second kappa shape index (κ2) is 5.90. The smallest absolute Gasteiger partial charge is 0.0506 e. The van der Waals surface area contributed by atoms with E-state index >= 15 is 0 Å². The molecule has 0 unspecified atom stereocenters. The normalized spacial score (nSPS) is 16.0. The van der Waals surface area contributed by atoms with E-state index in [0.29, 0.717) is 0 Å². The largest absolute Gasteiger partial charge is 0.399 e. The first-order valence-electron chi connectivity index (χ1n) is 6.27. The van der Waals surface area contributed by atoms with Gasteiger partial charge in [0.1, 0.15) is 0 Å². The Morgan fingerprint density at radius 1 is 1.12 bits per heavy atom. The van der Waals surface area contributed by atoms with Crippen molar-refractivity contribution < 1.29 is 4.74 Å². The van der Waals surface area contributed by atoms with E-state index in [1.165, 1.54) is 31.2 Å². The number of hydrogen-bond acceptors (Lipinski definition) is 2. The standard InChI is InChI=1S/C14H21NO/c15-14-6-4-13(5-7-14)9-11-16-10-8-12-2-1-3-12/h4-7,12H,1-3,8-11,15H2. The molecule has 2 rings (SSSR count). The molecule has 0 aliphatic heterocycles. The molecule has 0 radical (unpaired) electrons. The van der Waals surface area contributed by atoms with Crippen molar-refractivity contribution in [3.63, 3.8) is 0 Å². The third-order valence-electron chi connectivity index (χ3n) is 3.41. The monoisotopic (exact) mass is 219 g/mol. The van der Waals surface area contributed by atoms with Crippen LogP contribution in [0.25, 0.3) is 0 Å². The number of anilines is 1. The van der Waals surface area contributed by atoms with E-state index in [4.69, 9.17) is 10.5 Å². The summed E-state index contributed by atoms with van der Waals surface area (Å²) in [6.45, 7) is 1.76. The van der Waals surface area contributed by atoms with Crippen molar-refractivity contribution in [1.29, 1.82) is 0 Å². The van der Waals surface area contributed by atoms with Crippen LogP contribution in [0.3, 0.4) is 0 Å². The fourth-order valence-electron chi connectivity index (χ4n) is 2.01. The summed E-state index contributed by atoms with van der Waals surface area (Å²) in [5.74, 6) is 0.955. The Morgan fingerprint density at radius 2 is 1.88 bits per heavy atom. The topological polar surface area (TPSA) is 35.2 Å². The minimum absolute atomic E-state index is 0.828. The molecule has 2 nitrogen and oxygen atoms in total. The zero-order chi connectivity index (χ0) is 11.2. The lowest BCUT2D eigenvalue weighted by molar-refractivity contribution is 0.109. The molecule has 0 bridgehead atoms. The highest BCUT2D eigenvalue weighted by Crippen LogP contribution is 2.29. The van der Waals surface area contributed by atoms with Crippen LogP contribution in [0.15, 0.2) is 24.3 Å². The van der Waals surface area contributed by atoms with Crippen LogP contribution >= 0.6 is 0 Å². The van der Waals surface area contributed by atoms with Crippen molar-refractivity contribution in [3.8, 4) is 0 Å². The van der Waals surface area contributed by atoms with Crippen LogP contribution in [0.2, 0.25) is 0 Å². The first kappa shape index (κ1) is 11.5. The molecule has 0 aromatic heterocycles. The van der Waals surface area contributed by atoms with Gasteiger partial charge in [0, 0.05) is 12.3 Å². The molecule has 1 aliphatic carbocycles. The molecule has 0 spiro atoms. The maximum Gasteiger partial charge on any atom is 0.0506 e. The minimum Gasteiger partial charge on any atom is -0.399 e. The number of benzene rings is 1. The van der Waals surface area contributed by atoms with Crippen LogP contribution in [0.5, 0.6) is 0 Å². The van der Waals surface area contributed by atoms with Gasteiger partial charge in [0.25, 0.3) is 0 Å². The lowest BCUT2D eigenvalue weighted by Gasteiger charge is -2.24. The minimum atomic E-state index is 0.828. The van der Waals surface area contributed by atoms with Gasteiger partial charge in [0.05, 0.1) is 6.61 Å². The molecule has 16 heavy (non-hydrogen) atoms. The van der Waals surface area contributed by atoms with Gasteiger partial charge in [-0.3, -0.25) is 0 Å². The average molecular weight is 219 g/mol. The molecule has 0 heterocycles. The van der Waals surface area contributed by atoms with Crippen LogP contribution in [0, 0.1) is 5.92 Å². The van der Waals surface area contributed by atoms with Crippen molar-refractivity contribution in [3.05, 3.63) is 29.8 Å². The summed E-state index contributed by atoms with van der Waals surface area (Å²) in [4.78, 5) is 0. The van der Waals surface area contributed by atoms with Crippen molar-refractivity contribution in [2.75, 3.05) is 18.9 Å². The molecule has 2 N–H and O–H groups in total. The quantitative estimate of drug-likeness (QED) is 0.589. The van der Waals surface area contributed by atoms with Crippen LogP contribution < -0.4 is 5.73 Å². The van der Waals surface area contributed by atoms with E-state index in [9.17, 15) is 0 Å². The second-order valence-electron chi connectivity index (χ2n) is 4.69. The summed E-state index contributed by atoms with van der Waals surface area (Å²) in [6.07, 6.45) is 6.51. The Bertz CT molecular complexity index is 303. The summed E-state index contributed by atoms with van der Waals surface area (Å²) in [5.41, 5.74) is 7.76. The maximum absolute atomic E-state index is 5.64. The van der Waals surface area contributed by atoms with E-state index in [2.05, 4.69) is 12.1 Å². The molecular weight excluding hydrogens is 198 g/mol. The van der Waals surface area contributed by atoms with Crippen molar-refractivity contribution >= 4 is 5.69 Å². The number of hydrogen-bond donors (Lipinski definition) is 1. The van der Waals surface area contributed by atoms with Gasteiger partial charge in [-0.25, -0.2) is 0 Å². The molecule has 1 saturated carbocycles. The summed E-state index contributed by atoms with van der Waals surface area (Å²) in [5, 5.41) is 0. The first-order chi connectivity index (χ1) is 7.84. The number of nitrogen functional groups attached to an aromatic ring is 1. The average Bonchev–Trinajstić information content (AvgIpc) is 2.23. The first-order valence-corrected chi connectivity index (χ1v) is 6.27. The molecule has 0 amide bonds. The Kier molecular flexibility index (Phi) is 4.23. The molecule has 1 fully saturated rings. The third-order valence-corrected chi connectivity index (χ3v) is 3.41. The predicted octanol–water partition coefficient (Wildman–Crippen LogP) is 3.02. The Hall–Kier alpha value is -1.02. The second-order valence-corrected chi connectivity index (χ2v) is 4.69. The number of nitrogens with two attached hydrogens (primary N) is 1. The van der Waals surface area contributed by atoms with E-state index in [1.807, 2.05) is 12.1 Å². The van der Waals surface area contributed by atoms with Crippen molar-refractivity contribution in [1.82, 2.24) is 0 Å². The molecular formula is C14H21NO. The SMILES string of the molecule is Nc1ccc(CCOCCC2CCC2)cc1. The predicted molar refractivity (Wildman–Crippen MR) is 67.3 cm³/mol. The molecule has 2 heteroatoms. The highest BCUT2D eigenvalue weighted by Gasteiger charge is 2.16. The third kappa shape index (κ3) is 3.53. The Labute approximate surface area is 97.8 Å². The maximum atomic E-state index is 5.64. The highest BCUT2D eigenvalue weighted by molar-refractivity contribution is 5.39. The zero-order valence-corrected chi connectivity index (χ0v) is 9.82. The number of rotatable bonds is 6. The van der Waals surface area contributed by atoms with Crippen molar-refractivity contribution in [2.45, 2.75) is 32.1 Å². The van der Waals surface area contributed by atoms with Gasteiger partial charge >= 0.3 is 0 Å². The van der Waals surface area contributed by atoms with Crippen LogP contribution in [0.1, 0.15) is 31.2 Å². The van der Waals surface area contributed by atoms with Gasteiger partial charge in [0.2, 0.25) is 0 Å².